The lowest BCUT2D eigenvalue weighted by molar-refractivity contribution is 0.649. The van der Waals surface area contributed by atoms with Crippen molar-refractivity contribution in [2.24, 2.45) is 0 Å². The van der Waals surface area contributed by atoms with E-state index in [-0.39, 0.29) is 16.2 Å². The van der Waals surface area contributed by atoms with Crippen molar-refractivity contribution in [1.29, 1.82) is 5.26 Å². The molecule has 1 heteroatoms. The van der Waals surface area contributed by atoms with Gasteiger partial charge in [-0.2, -0.15) is 5.26 Å². The lowest BCUT2D eigenvalue weighted by Gasteiger charge is -2.24. The third-order valence-corrected chi connectivity index (χ3v) is 11.3. The molecular weight excluding hydrogens is 518 g/mol. The van der Waals surface area contributed by atoms with E-state index < -0.39 is 0 Å². The zero-order chi connectivity index (χ0) is 29.6. The molecule has 0 saturated heterocycles. The molecule has 6 aromatic carbocycles. The molecule has 3 aliphatic carbocycles. The van der Waals surface area contributed by atoms with Crippen LogP contribution in [-0.4, -0.2) is 0 Å². The third-order valence-electron chi connectivity index (χ3n) is 11.3. The van der Waals surface area contributed by atoms with Crippen LogP contribution in [0.1, 0.15) is 80.5 Å². The van der Waals surface area contributed by atoms with Gasteiger partial charge in [-0.3, -0.25) is 0 Å². The van der Waals surface area contributed by atoms with Gasteiger partial charge < -0.3 is 0 Å². The lowest BCUT2D eigenvalue weighted by atomic mass is 9.78. The minimum absolute atomic E-state index is 0.0739. The fourth-order valence-corrected chi connectivity index (χ4v) is 8.90. The standard InChI is InChI=1S/C42H33N/c1-40(2)32-16-15-23-11-7-8-13-26(23)38(32)30-20-33-28(18-35(30)40)29-19-36-31(21-34(29)41(33,3)4)39-27-14-10-9-12-25(27)24(22-43)17-37(39)42(36,5)6/h7-21H,1-6H3. The summed E-state index contributed by atoms with van der Waals surface area (Å²) in [7, 11) is 0. The molecule has 0 aliphatic heterocycles. The average molecular weight is 552 g/mol. The Kier molecular flexibility index (Phi) is 4.42. The van der Waals surface area contributed by atoms with E-state index in [9.17, 15) is 5.26 Å². The molecule has 9 rings (SSSR count). The van der Waals surface area contributed by atoms with E-state index in [2.05, 4.69) is 133 Å². The maximum absolute atomic E-state index is 10.1. The van der Waals surface area contributed by atoms with Gasteiger partial charge in [-0.25, -0.2) is 0 Å². The summed E-state index contributed by atoms with van der Waals surface area (Å²) in [5.41, 5.74) is 16.8. The molecule has 0 heterocycles. The van der Waals surface area contributed by atoms with Gasteiger partial charge in [-0.05, 0) is 113 Å². The number of nitrogens with zero attached hydrogens (tertiary/aromatic N) is 1. The minimum atomic E-state index is -0.201. The van der Waals surface area contributed by atoms with Gasteiger partial charge in [0.2, 0.25) is 0 Å². The summed E-state index contributed by atoms with van der Waals surface area (Å²) in [5, 5.41) is 14.9. The number of nitriles is 1. The van der Waals surface area contributed by atoms with E-state index >= 15 is 0 Å². The molecular formula is C42H33N. The zero-order valence-corrected chi connectivity index (χ0v) is 25.6. The number of hydrogen-bond acceptors (Lipinski definition) is 1. The summed E-state index contributed by atoms with van der Waals surface area (Å²) in [6, 6.07) is 36.6. The molecule has 0 aromatic heterocycles. The van der Waals surface area contributed by atoms with Crippen molar-refractivity contribution < 1.29 is 0 Å². The van der Waals surface area contributed by atoms with Crippen molar-refractivity contribution in [2.45, 2.75) is 57.8 Å². The van der Waals surface area contributed by atoms with Gasteiger partial charge in [0.1, 0.15) is 0 Å². The van der Waals surface area contributed by atoms with Crippen molar-refractivity contribution in [3.63, 3.8) is 0 Å². The molecule has 0 saturated carbocycles. The first-order chi connectivity index (χ1) is 20.5. The average Bonchev–Trinajstić information content (AvgIpc) is 3.47. The molecule has 3 aliphatic rings. The number of hydrogen-bond donors (Lipinski definition) is 0. The van der Waals surface area contributed by atoms with Crippen molar-refractivity contribution in [3.05, 3.63) is 130 Å². The van der Waals surface area contributed by atoms with Gasteiger partial charge in [0, 0.05) is 21.6 Å². The van der Waals surface area contributed by atoms with Gasteiger partial charge in [-0.15, -0.1) is 0 Å². The van der Waals surface area contributed by atoms with Crippen molar-refractivity contribution in [1.82, 2.24) is 0 Å². The summed E-state index contributed by atoms with van der Waals surface area (Å²) in [6.07, 6.45) is 0. The fraction of sp³-hybridized carbons (Fsp3) is 0.214. The summed E-state index contributed by atoms with van der Waals surface area (Å²) in [5.74, 6) is 0. The Balaban J connectivity index is 1.33. The summed E-state index contributed by atoms with van der Waals surface area (Å²) in [4.78, 5) is 0. The molecule has 0 spiro atoms. The number of benzene rings is 6. The molecule has 0 atom stereocenters. The molecule has 0 unspecified atom stereocenters. The molecule has 6 aromatic rings. The first-order valence-electron chi connectivity index (χ1n) is 15.4. The second-order valence-corrected chi connectivity index (χ2v) is 14.5. The summed E-state index contributed by atoms with van der Waals surface area (Å²) in [6.45, 7) is 14.2. The van der Waals surface area contributed by atoms with Gasteiger partial charge in [0.05, 0.1) is 11.6 Å². The van der Waals surface area contributed by atoms with Crippen LogP contribution in [0, 0.1) is 11.3 Å². The van der Waals surface area contributed by atoms with E-state index in [0.29, 0.717) is 0 Å². The van der Waals surface area contributed by atoms with E-state index in [0.717, 1.165) is 10.9 Å². The van der Waals surface area contributed by atoms with Gasteiger partial charge in [0.25, 0.3) is 0 Å². The number of fused-ring (bicyclic) bond motifs is 13. The quantitative estimate of drug-likeness (QED) is 0.184. The van der Waals surface area contributed by atoms with Crippen LogP contribution in [0.4, 0.5) is 0 Å². The van der Waals surface area contributed by atoms with Gasteiger partial charge in [-0.1, -0.05) is 102 Å². The highest BCUT2D eigenvalue weighted by molar-refractivity contribution is 6.07. The smallest absolute Gasteiger partial charge is 0.0998 e. The van der Waals surface area contributed by atoms with Crippen LogP contribution in [0.5, 0.6) is 0 Å². The fourth-order valence-electron chi connectivity index (χ4n) is 8.90. The van der Waals surface area contributed by atoms with Crippen LogP contribution < -0.4 is 0 Å². The van der Waals surface area contributed by atoms with E-state index in [4.69, 9.17) is 0 Å². The highest BCUT2D eigenvalue weighted by Crippen LogP contribution is 2.60. The third kappa shape index (κ3) is 2.83. The molecule has 0 bridgehead atoms. The molecule has 0 fully saturated rings. The Morgan fingerprint density at radius 2 is 0.907 bits per heavy atom. The van der Waals surface area contributed by atoms with Crippen LogP contribution >= 0.6 is 0 Å². The lowest BCUT2D eigenvalue weighted by Crippen LogP contribution is -2.17. The van der Waals surface area contributed by atoms with E-state index in [1.54, 1.807) is 0 Å². The normalized spacial score (nSPS) is 17.1. The Labute approximate surface area is 253 Å². The van der Waals surface area contributed by atoms with Crippen molar-refractivity contribution >= 4 is 21.5 Å². The Morgan fingerprint density at radius 3 is 1.53 bits per heavy atom. The first kappa shape index (κ1) is 24.9. The molecule has 206 valence electrons. The Hall–Kier alpha value is -4.67. The summed E-state index contributed by atoms with van der Waals surface area (Å²) < 4.78 is 0. The monoisotopic (exact) mass is 551 g/mol. The molecule has 0 amide bonds. The highest BCUT2D eigenvalue weighted by atomic mass is 14.5. The first-order valence-corrected chi connectivity index (χ1v) is 15.4. The Morgan fingerprint density at radius 1 is 0.442 bits per heavy atom. The van der Waals surface area contributed by atoms with E-state index in [1.807, 2.05) is 6.07 Å². The highest BCUT2D eigenvalue weighted by Gasteiger charge is 2.45. The van der Waals surface area contributed by atoms with Crippen molar-refractivity contribution in [2.75, 3.05) is 0 Å². The predicted octanol–water partition coefficient (Wildman–Crippen LogP) is 10.8. The van der Waals surface area contributed by atoms with Crippen LogP contribution in [0.3, 0.4) is 0 Å². The minimum Gasteiger partial charge on any atom is -0.192 e. The van der Waals surface area contributed by atoms with E-state index in [1.165, 1.54) is 82.9 Å². The predicted molar refractivity (Wildman–Crippen MR) is 179 cm³/mol. The van der Waals surface area contributed by atoms with Crippen LogP contribution in [0.15, 0.2) is 91.0 Å². The second-order valence-electron chi connectivity index (χ2n) is 14.5. The van der Waals surface area contributed by atoms with Crippen LogP contribution in [0.25, 0.3) is 54.9 Å². The topological polar surface area (TPSA) is 23.8 Å². The SMILES string of the molecule is CC1(C)c2cc3c(cc2-c2cc4c(cc21)-c1c(cc(C#N)c2ccccc12)C4(C)C)C(C)(C)c1ccc2ccccc2c1-3. The summed E-state index contributed by atoms with van der Waals surface area (Å²) >= 11 is 0. The molecule has 43 heavy (non-hydrogen) atoms. The Bertz CT molecular complexity index is 2320. The van der Waals surface area contributed by atoms with Crippen LogP contribution in [-0.2, 0) is 16.2 Å². The largest absolute Gasteiger partial charge is 0.192 e. The second kappa shape index (κ2) is 7.64. The zero-order valence-electron chi connectivity index (χ0n) is 25.6. The maximum atomic E-state index is 10.1. The molecule has 1 nitrogen and oxygen atoms in total. The maximum Gasteiger partial charge on any atom is 0.0998 e. The van der Waals surface area contributed by atoms with Gasteiger partial charge >= 0.3 is 0 Å². The molecule has 0 N–H and O–H groups in total. The van der Waals surface area contributed by atoms with Crippen LogP contribution in [0.2, 0.25) is 0 Å². The van der Waals surface area contributed by atoms with Crippen molar-refractivity contribution in [3.8, 4) is 39.4 Å². The molecule has 0 radical (unpaired) electrons. The number of rotatable bonds is 0. The van der Waals surface area contributed by atoms with Gasteiger partial charge in [0.15, 0.2) is 0 Å².